The summed E-state index contributed by atoms with van der Waals surface area (Å²) in [6, 6.07) is 9.55. The maximum Gasteiger partial charge on any atom is 0.459 e. The normalized spacial score (nSPS) is 34.4. The molecule has 0 unspecified atom stereocenters. The van der Waals surface area contributed by atoms with E-state index in [9.17, 15) is 14.6 Å². The van der Waals surface area contributed by atoms with Crippen LogP contribution in [0.25, 0.3) is 0 Å². The van der Waals surface area contributed by atoms with Gasteiger partial charge in [0.15, 0.2) is 0 Å². The second-order valence-corrected chi connectivity index (χ2v) is 7.88. The molecule has 1 saturated heterocycles. The first-order valence-electron chi connectivity index (χ1n) is 7.14. The molecule has 1 heterocycles. The van der Waals surface area contributed by atoms with E-state index in [0.29, 0.717) is 5.66 Å². The molecule has 2 fully saturated rings. The van der Waals surface area contributed by atoms with Gasteiger partial charge in [0.25, 0.3) is 7.52 Å². The van der Waals surface area contributed by atoms with Crippen LogP contribution in [0.3, 0.4) is 0 Å². The zero-order valence-electron chi connectivity index (χ0n) is 12.5. The highest BCUT2D eigenvalue weighted by molar-refractivity contribution is 7.60. The molecule has 2 aliphatic rings. The molecular formula is C15H18BNO4P. The Morgan fingerprint density at radius 3 is 2.55 bits per heavy atom. The number of rotatable bonds is 3. The molecule has 1 aliphatic heterocycles. The summed E-state index contributed by atoms with van der Waals surface area (Å²) in [5, 5.41) is 18.9. The van der Waals surface area contributed by atoms with Gasteiger partial charge in [0.2, 0.25) is 0 Å². The van der Waals surface area contributed by atoms with Gasteiger partial charge in [-0.1, -0.05) is 30.3 Å². The molecular weight excluding hydrogens is 300 g/mol. The molecule has 22 heavy (non-hydrogen) atoms. The predicted octanol–water partition coefficient (Wildman–Crippen LogP) is 2.02. The van der Waals surface area contributed by atoms with Gasteiger partial charge in [-0.3, -0.25) is 4.57 Å². The van der Waals surface area contributed by atoms with Crippen molar-refractivity contribution in [1.29, 1.82) is 0 Å². The van der Waals surface area contributed by atoms with E-state index in [1.165, 1.54) is 0 Å². The molecule has 3 atom stereocenters. The third kappa shape index (κ3) is 2.57. The molecule has 1 aromatic carbocycles. The third-order valence-corrected chi connectivity index (χ3v) is 6.96. The number of hydrogen-bond donors (Lipinski definition) is 2. The zero-order chi connectivity index (χ0) is 15.9. The Bertz CT molecular complexity index is 570. The maximum atomic E-state index is 13.4. The number of likely N-dealkylation sites (N-methyl/N-ethyl adjacent to an activating group) is 1. The minimum atomic E-state index is -3.32. The van der Waals surface area contributed by atoms with Crippen LogP contribution in [0.15, 0.2) is 30.3 Å². The number of hydrogen-bond acceptors (Lipinski definition) is 4. The second kappa shape index (κ2) is 6.10. The van der Waals surface area contributed by atoms with E-state index in [1.807, 2.05) is 37.3 Å². The lowest BCUT2D eigenvalue weighted by molar-refractivity contribution is 0.211. The van der Waals surface area contributed by atoms with Crippen molar-refractivity contribution in [2.24, 2.45) is 0 Å². The Kier molecular flexibility index (Phi) is 4.50. The largest absolute Gasteiger partial charge is 0.459 e. The molecule has 0 amide bonds. The summed E-state index contributed by atoms with van der Waals surface area (Å²) >= 11 is 0. The SMILES string of the molecule is C[C@H]1[C@@H](c2ccccc2)O[P@@](=O)([C]2[CH][CH][CH][C]2B(O)O)N1C. The minimum Gasteiger partial charge on any atom is -0.427 e. The Morgan fingerprint density at radius 1 is 1.23 bits per heavy atom. The second-order valence-electron chi connectivity index (χ2n) is 5.51. The molecule has 0 bridgehead atoms. The fraction of sp³-hybridized carbons (Fsp3) is 0.267. The van der Waals surface area contributed by atoms with E-state index in [1.54, 1.807) is 31.0 Å². The van der Waals surface area contributed by atoms with Gasteiger partial charge >= 0.3 is 7.12 Å². The first kappa shape index (κ1) is 16.2. The predicted molar refractivity (Wildman–Crippen MR) is 84.7 cm³/mol. The van der Waals surface area contributed by atoms with E-state index < -0.39 is 14.6 Å². The lowest BCUT2D eigenvalue weighted by Gasteiger charge is -2.28. The van der Waals surface area contributed by atoms with E-state index in [0.717, 1.165) is 5.56 Å². The minimum absolute atomic E-state index is 0.0909. The van der Waals surface area contributed by atoms with Crippen LogP contribution in [0.5, 0.6) is 0 Å². The van der Waals surface area contributed by atoms with Gasteiger partial charge in [0, 0.05) is 11.9 Å². The summed E-state index contributed by atoms with van der Waals surface area (Å²) in [7, 11) is -3.24. The highest BCUT2D eigenvalue weighted by atomic mass is 31.2. The Balaban J connectivity index is 1.90. The summed E-state index contributed by atoms with van der Waals surface area (Å²) in [5.74, 6) is 0.232. The van der Waals surface area contributed by atoms with Gasteiger partial charge in [-0.15, -0.1) is 0 Å². The van der Waals surface area contributed by atoms with Gasteiger partial charge in [-0.25, -0.2) is 4.67 Å². The molecule has 0 spiro atoms. The van der Waals surface area contributed by atoms with E-state index in [-0.39, 0.29) is 18.0 Å². The maximum absolute atomic E-state index is 13.4. The highest BCUT2D eigenvalue weighted by Crippen LogP contribution is 2.72. The van der Waals surface area contributed by atoms with Crippen molar-refractivity contribution in [2.45, 2.75) is 19.1 Å². The summed E-state index contributed by atoms with van der Waals surface area (Å²) < 4.78 is 21.1. The Hall–Kier alpha value is -0.645. The number of benzene rings is 1. The monoisotopic (exact) mass is 318 g/mol. The lowest BCUT2D eigenvalue weighted by Crippen LogP contribution is -2.29. The summed E-state index contributed by atoms with van der Waals surface area (Å²) in [4.78, 5) is 0. The Morgan fingerprint density at radius 2 is 1.91 bits per heavy atom. The van der Waals surface area contributed by atoms with Gasteiger partial charge < -0.3 is 14.6 Å². The lowest BCUT2D eigenvalue weighted by atomic mass is 9.71. The molecule has 1 aromatic rings. The first-order chi connectivity index (χ1) is 10.4. The standard InChI is InChI=1S/C15H18BNO4P/c1-11-15(12-7-4-3-5-8-12)21-22(20,17(11)2)14-10-6-9-13(14)16(18)19/h3-11,15,18-19H,1-2H3/t11-,15-,22-/m0/s1. The van der Waals surface area contributed by atoms with Crippen LogP contribution in [0, 0.1) is 30.7 Å². The van der Waals surface area contributed by atoms with Crippen LogP contribution in [0.2, 0.25) is 0 Å². The van der Waals surface area contributed by atoms with Gasteiger partial charge in [0.05, 0.1) is 5.66 Å². The van der Waals surface area contributed by atoms with Crippen LogP contribution in [0.4, 0.5) is 0 Å². The average Bonchev–Trinajstić information content (AvgIpc) is 3.09. The van der Waals surface area contributed by atoms with Crippen molar-refractivity contribution in [3.63, 3.8) is 0 Å². The molecule has 0 aromatic heterocycles. The van der Waals surface area contributed by atoms with Crippen molar-refractivity contribution in [3.05, 3.63) is 66.6 Å². The topological polar surface area (TPSA) is 70.0 Å². The molecule has 5 radical (unpaired) electrons. The average molecular weight is 318 g/mol. The van der Waals surface area contributed by atoms with Crippen molar-refractivity contribution in [1.82, 2.24) is 4.67 Å². The summed E-state index contributed by atoms with van der Waals surface area (Å²) in [6.45, 7) is 1.95. The number of nitrogens with zero attached hydrogens (tertiary/aromatic N) is 1. The van der Waals surface area contributed by atoms with Crippen LogP contribution >= 0.6 is 7.52 Å². The summed E-state index contributed by atoms with van der Waals surface area (Å²) in [5.41, 5.74) is 1.31. The van der Waals surface area contributed by atoms with Crippen molar-refractivity contribution >= 4 is 14.6 Å². The van der Waals surface area contributed by atoms with Gasteiger partial charge in [0.1, 0.15) is 6.10 Å². The molecule has 2 N–H and O–H groups in total. The van der Waals surface area contributed by atoms with Crippen LogP contribution in [-0.4, -0.2) is 34.9 Å². The first-order valence-corrected chi connectivity index (χ1v) is 8.72. The van der Waals surface area contributed by atoms with E-state index in [4.69, 9.17) is 4.52 Å². The highest BCUT2D eigenvalue weighted by Gasteiger charge is 2.57. The van der Waals surface area contributed by atoms with Crippen molar-refractivity contribution < 1.29 is 19.1 Å². The van der Waals surface area contributed by atoms with Crippen LogP contribution in [-0.2, 0) is 9.09 Å². The fourth-order valence-corrected chi connectivity index (χ4v) is 5.46. The van der Waals surface area contributed by atoms with Gasteiger partial charge in [-0.2, -0.15) is 0 Å². The third-order valence-electron chi connectivity index (χ3n) is 4.24. The fourth-order valence-electron chi connectivity index (χ4n) is 2.86. The van der Waals surface area contributed by atoms with Crippen LogP contribution in [0.1, 0.15) is 18.6 Å². The van der Waals surface area contributed by atoms with E-state index in [2.05, 4.69) is 0 Å². The summed E-state index contributed by atoms with van der Waals surface area (Å²) in [6.07, 6.45) is 4.51. The molecule has 7 heteroatoms. The molecule has 115 valence electrons. The van der Waals surface area contributed by atoms with E-state index >= 15 is 0 Å². The Labute approximate surface area is 131 Å². The zero-order valence-corrected chi connectivity index (χ0v) is 13.4. The molecule has 5 nitrogen and oxygen atoms in total. The van der Waals surface area contributed by atoms with Crippen molar-refractivity contribution in [3.8, 4) is 0 Å². The molecule has 3 rings (SSSR count). The molecule has 1 aliphatic carbocycles. The quantitative estimate of drug-likeness (QED) is 0.659. The van der Waals surface area contributed by atoms with Gasteiger partial charge in [-0.05, 0) is 38.8 Å². The smallest absolute Gasteiger partial charge is 0.427 e. The molecule has 1 saturated carbocycles. The van der Waals surface area contributed by atoms with Crippen molar-refractivity contribution in [2.75, 3.05) is 7.05 Å². The van der Waals surface area contributed by atoms with Crippen LogP contribution < -0.4 is 0 Å².